The molecule has 10 nitrogen and oxygen atoms in total. The summed E-state index contributed by atoms with van der Waals surface area (Å²) in [6, 6.07) is 6.72. The molecule has 0 radical (unpaired) electrons. The number of anilines is 1. The van der Waals surface area contributed by atoms with Gasteiger partial charge < -0.3 is 19.9 Å². The second-order valence-electron chi connectivity index (χ2n) is 9.07. The minimum atomic E-state index is -1.58. The molecule has 1 heterocycles. The van der Waals surface area contributed by atoms with Crippen LogP contribution in [-0.2, 0) is 32.0 Å². The summed E-state index contributed by atoms with van der Waals surface area (Å²) >= 11 is 0. The van der Waals surface area contributed by atoms with Crippen molar-refractivity contribution in [3.05, 3.63) is 46.6 Å². The number of aryl methyl sites for hydroxylation is 3. The Morgan fingerprint density at radius 3 is 2.27 bits per heavy atom. The molecule has 2 aromatic carbocycles. The van der Waals surface area contributed by atoms with E-state index in [4.69, 9.17) is 9.47 Å². The monoisotopic (exact) mass is 509 g/mol. The maximum Gasteiger partial charge on any atom is 0.397 e. The van der Waals surface area contributed by atoms with Gasteiger partial charge in [0.25, 0.3) is 0 Å². The zero-order valence-corrected chi connectivity index (χ0v) is 21.8. The molecular formula is C27H31N3O7. The summed E-state index contributed by atoms with van der Waals surface area (Å²) in [5.74, 6) is -3.18. The molecule has 10 heteroatoms. The van der Waals surface area contributed by atoms with E-state index in [1.807, 2.05) is 34.6 Å². The first-order valence-electron chi connectivity index (χ1n) is 12.1. The second-order valence-corrected chi connectivity index (χ2v) is 9.07. The van der Waals surface area contributed by atoms with Crippen LogP contribution >= 0.6 is 0 Å². The zero-order chi connectivity index (χ0) is 27.4. The molecule has 196 valence electrons. The lowest BCUT2D eigenvalue weighted by Crippen LogP contribution is -2.25. The Hall–Kier alpha value is -4.21. The predicted molar refractivity (Wildman–Crippen MR) is 137 cm³/mol. The van der Waals surface area contributed by atoms with Gasteiger partial charge in [0.15, 0.2) is 0 Å². The normalized spacial score (nSPS) is 11.0. The van der Waals surface area contributed by atoms with Crippen molar-refractivity contribution in [1.82, 2.24) is 9.78 Å². The van der Waals surface area contributed by atoms with Crippen LogP contribution in [0.25, 0.3) is 10.9 Å². The summed E-state index contributed by atoms with van der Waals surface area (Å²) in [6.07, 6.45) is 1.11. The Morgan fingerprint density at radius 2 is 1.73 bits per heavy atom. The summed E-state index contributed by atoms with van der Waals surface area (Å²) in [5.41, 5.74) is 3.72. The molecule has 0 aliphatic carbocycles. The number of hydrogen-bond donors (Lipinski definition) is 2. The highest BCUT2D eigenvalue weighted by Gasteiger charge is 2.25. The highest BCUT2D eigenvalue weighted by Crippen LogP contribution is 2.37. The van der Waals surface area contributed by atoms with Crippen LogP contribution in [0.3, 0.4) is 0 Å². The summed E-state index contributed by atoms with van der Waals surface area (Å²) in [5, 5.41) is 16.9. The highest BCUT2D eigenvalue weighted by atomic mass is 16.5. The summed E-state index contributed by atoms with van der Waals surface area (Å²) in [7, 11) is 0. The van der Waals surface area contributed by atoms with Crippen molar-refractivity contribution in [2.45, 2.75) is 54.4 Å². The first-order valence-corrected chi connectivity index (χ1v) is 12.1. The topological polar surface area (TPSA) is 137 Å². The molecule has 1 aromatic heterocycles. The molecule has 3 rings (SSSR count). The number of rotatable bonds is 7. The maximum atomic E-state index is 12.3. The first-order chi connectivity index (χ1) is 17.5. The van der Waals surface area contributed by atoms with E-state index < -0.39 is 23.8 Å². The van der Waals surface area contributed by atoms with Gasteiger partial charge in [-0.15, -0.1) is 0 Å². The molecule has 0 saturated carbocycles. The van der Waals surface area contributed by atoms with Crippen LogP contribution in [0.15, 0.2) is 24.3 Å². The fraction of sp³-hybridized carbons (Fsp3) is 0.370. The molecule has 0 unspecified atom stereocenters. The number of carboxylic acid groups (broad SMARTS) is 1. The van der Waals surface area contributed by atoms with Crippen molar-refractivity contribution >= 4 is 40.3 Å². The molecule has 0 saturated heterocycles. The quantitative estimate of drug-likeness (QED) is 0.352. The van der Waals surface area contributed by atoms with Crippen LogP contribution in [-0.4, -0.2) is 45.2 Å². The molecule has 0 aliphatic heterocycles. The van der Waals surface area contributed by atoms with Crippen LogP contribution in [0.1, 0.15) is 54.9 Å². The Bertz CT molecular complexity index is 1370. The van der Waals surface area contributed by atoms with E-state index in [9.17, 15) is 24.3 Å². The molecule has 0 spiro atoms. The van der Waals surface area contributed by atoms with E-state index in [-0.39, 0.29) is 12.5 Å². The van der Waals surface area contributed by atoms with Gasteiger partial charge in [0, 0.05) is 16.6 Å². The van der Waals surface area contributed by atoms with E-state index >= 15 is 0 Å². The third kappa shape index (κ3) is 5.79. The lowest BCUT2D eigenvalue weighted by Gasteiger charge is -2.17. The number of aromatic nitrogens is 2. The van der Waals surface area contributed by atoms with Gasteiger partial charge >= 0.3 is 23.8 Å². The van der Waals surface area contributed by atoms with Gasteiger partial charge in [-0.05, 0) is 74.9 Å². The molecule has 0 bridgehead atoms. The molecule has 3 aromatic rings. The number of carbonyl (C=O) groups is 4. The summed E-state index contributed by atoms with van der Waals surface area (Å²) in [6.45, 7) is 11.3. The number of hydrogen-bond acceptors (Lipinski definition) is 7. The van der Waals surface area contributed by atoms with Crippen molar-refractivity contribution < 1.29 is 33.8 Å². The second kappa shape index (κ2) is 11.2. The average molecular weight is 510 g/mol. The number of nitrogens with one attached hydrogen (secondary N) is 1. The number of carboxylic acids is 1. The van der Waals surface area contributed by atoms with Crippen molar-refractivity contribution in [3.63, 3.8) is 0 Å². The lowest BCUT2D eigenvalue weighted by molar-refractivity contribution is -0.152. The van der Waals surface area contributed by atoms with Gasteiger partial charge in [-0.25, -0.2) is 9.59 Å². The summed E-state index contributed by atoms with van der Waals surface area (Å²) in [4.78, 5) is 47.4. The number of ether oxygens (including phenoxy) is 2. The zero-order valence-electron chi connectivity index (χ0n) is 21.8. The third-order valence-corrected chi connectivity index (χ3v) is 5.71. The minimum Gasteiger partial charge on any atom is -0.474 e. The molecule has 37 heavy (non-hydrogen) atoms. The number of nitrogens with zero attached hydrogens (tertiary/aromatic N) is 2. The summed E-state index contributed by atoms with van der Waals surface area (Å²) < 4.78 is 12.0. The van der Waals surface area contributed by atoms with Crippen molar-refractivity contribution in [3.8, 4) is 11.5 Å². The first kappa shape index (κ1) is 27.4. The number of esters is 1. The van der Waals surface area contributed by atoms with E-state index in [1.54, 1.807) is 31.2 Å². The lowest BCUT2D eigenvalue weighted by atomic mass is 9.99. The molecule has 0 aliphatic rings. The number of fused-ring (bicyclic) bond motifs is 1. The van der Waals surface area contributed by atoms with Crippen LogP contribution in [0.5, 0.6) is 11.5 Å². The van der Waals surface area contributed by atoms with Crippen molar-refractivity contribution in [1.29, 1.82) is 0 Å². The number of carbonyl (C=O) groups excluding carboxylic acids is 3. The highest BCUT2D eigenvalue weighted by molar-refractivity contribution is 6.37. The Balaban J connectivity index is 2.05. The maximum absolute atomic E-state index is 12.3. The number of benzene rings is 2. The van der Waals surface area contributed by atoms with Crippen LogP contribution in [0, 0.1) is 19.8 Å². The van der Waals surface area contributed by atoms with Gasteiger partial charge in [0.2, 0.25) is 0 Å². The average Bonchev–Trinajstić information content (AvgIpc) is 3.18. The fourth-order valence-corrected chi connectivity index (χ4v) is 4.23. The molecule has 2 N–H and O–H groups in total. The third-order valence-electron chi connectivity index (χ3n) is 5.71. The SMILES string of the molecule is CCOC(=O)C(=O)Nc1cc(C)c(Oc2ccc3c(c(CC(C)C)nn3C(=O)C(=O)O)c2CC)c(C)c1. The van der Waals surface area contributed by atoms with Crippen LogP contribution in [0.4, 0.5) is 5.69 Å². The van der Waals surface area contributed by atoms with Gasteiger partial charge in [-0.3, -0.25) is 9.59 Å². The molecule has 0 atom stereocenters. The van der Waals surface area contributed by atoms with Crippen molar-refractivity contribution in [2.24, 2.45) is 5.92 Å². The molecule has 1 amide bonds. The van der Waals surface area contributed by atoms with E-state index in [1.165, 1.54) is 0 Å². The number of amides is 1. The molecule has 0 fully saturated rings. The smallest absolute Gasteiger partial charge is 0.397 e. The largest absolute Gasteiger partial charge is 0.474 e. The molecular weight excluding hydrogens is 478 g/mol. The Kier molecular flexibility index (Phi) is 8.31. The Labute approximate surface area is 214 Å². The van der Waals surface area contributed by atoms with Crippen LogP contribution < -0.4 is 10.1 Å². The van der Waals surface area contributed by atoms with E-state index in [0.29, 0.717) is 46.6 Å². The fourth-order valence-electron chi connectivity index (χ4n) is 4.23. The minimum absolute atomic E-state index is 0.101. The van der Waals surface area contributed by atoms with Crippen molar-refractivity contribution in [2.75, 3.05) is 11.9 Å². The van der Waals surface area contributed by atoms with E-state index in [2.05, 4.69) is 10.4 Å². The Morgan fingerprint density at radius 1 is 1.08 bits per heavy atom. The van der Waals surface area contributed by atoms with E-state index in [0.717, 1.165) is 21.4 Å². The standard InChI is InChI=1S/C27H31N3O7/c1-7-18-21(10-9-20-22(18)19(11-14(3)4)29-30(20)25(32)26(33)34)37-23-15(5)12-17(13-16(23)6)28-24(31)27(35)36-8-2/h9-10,12-14H,7-8,11H2,1-6H3,(H,28,31)(H,33,34). The van der Waals surface area contributed by atoms with Gasteiger partial charge in [0.1, 0.15) is 11.5 Å². The van der Waals surface area contributed by atoms with Gasteiger partial charge in [0.05, 0.1) is 17.8 Å². The van der Waals surface area contributed by atoms with Gasteiger partial charge in [-0.2, -0.15) is 9.78 Å². The van der Waals surface area contributed by atoms with Gasteiger partial charge in [-0.1, -0.05) is 20.8 Å². The van der Waals surface area contributed by atoms with Crippen LogP contribution in [0.2, 0.25) is 0 Å². The predicted octanol–water partition coefficient (Wildman–Crippen LogP) is 4.43. The number of aliphatic carboxylic acids is 1.